The van der Waals surface area contributed by atoms with E-state index >= 15 is 0 Å². The van der Waals surface area contributed by atoms with Crippen molar-refractivity contribution in [2.45, 2.75) is 58.4 Å². The zero-order valence-corrected chi connectivity index (χ0v) is 11.1. The molecule has 0 spiro atoms. The summed E-state index contributed by atoms with van der Waals surface area (Å²) in [4.78, 5) is 0. The van der Waals surface area contributed by atoms with Gasteiger partial charge < -0.3 is 5.32 Å². The summed E-state index contributed by atoms with van der Waals surface area (Å²) in [5, 5.41) is 3.61. The van der Waals surface area contributed by atoms with E-state index in [1.807, 2.05) is 0 Å². The van der Waals surface area contributed by atoms with Crippen LogP contribution in [0.1, 0.15) is 52.4 Å². The van der Waals surface area contributed by atoms with Gasteiger partial charge in [-0.1, -0.05) is 20.3 Å². The summed E-state index contributed by atoms with van der Waals surface area (Å²) < 4.78 is 0. The van der Waals surface area contributed by atoms with E-state index in [0.29, 0.717) is 5.41 Å². The van der Waals surface area contributed by atoms with Gasteiger partial charge >= 0.3 is 0 Å². The lowest BCUT2D eigenvalue weighted by Crippen LogP contribution is -2.32. The van der Waals surface area contributed by atoms with Crippen molar-refractivity contribution in [3.63, 3.8) is 0 Å². The lowest BCUT2D eigenvalue weighted by atomic mass is 9.82. The summed E-state index contributed by atoms with van der Waals surface area (Å²) >= 11 is 0. The first-order chi connectivity index (χ1) is 7.60. The van der Waals surface area contributed by atoms with Gasteiger partial charge in [-0.2, -0.15) is 0 Å². The van der Waals surface area contributed by atoms with E-state index < -0.39 is 0 Å². The minimum Gasteiger partial charge on any atom is -0.317 e. The SMILES string of the molecule is CNC(CC1CC2CCC1C2)C1CC1(C)C. The number of fused-ring (bicyclic) bond motifs is 2. The predicted octanol–water partition coefficient (Wildman–Crippen LogP) is 3.45. The Balaban J connectivity index is 1.57. The van der Waals surface area contributed by atoms with Gasteiger partial charge in [0.25, 0.3) is 0 Å². The molecule has 1 N–H and O–H groups in total. The zero-order chi connectivity index (χ0) is 11.3. The predicted molar refractivity (Wildman–Crippen MR) is 68.3 cm³/mol. The molecule has 92 valence electrons. The van der Waals surface area contributed by atoms with Crippen LogP contribution in [0.5, 0.6) is 0 Å². The van der Waals surface area contributed by atoms with E-state index in [1.54, 1.807) is 25.7 Å². The normalized spacial score (nSPS) is 45.9. The Labute approximate surface area is 100 Å². The lowest BCUT2D eigenvalue weighted by molar-refractivity contribution is 0.261. The van der Waals surface area contributed by atoms with Crippen LogP contribution in [0.3, 0.4) is 0 Å². The van der Waals surface area contributed by atoms with Gasteiger partial charge in [-0.3, -0.25) is 0 Å². The van der Waals surface area contributed by atoms with Crippen molar-refractivity contribution < 1.29 is 0 Å². The van der Waals surface area contributed by atoms with Crippen molar-refractivity contribution in [1.82, 2.24) is 5.32 Å². The van der Waals surface area contributed by atoms with Crippen LogP contribution in [0.4, 0.5) is 0 Å². The number of hydrogen-bond donors (Lipinski definition) is 1. The highest BCUT2D eigenvalue weighted by atomic mass is 14.9. The van der Waals surface area contributed by atoms with Crippen molar-refractivity contribution in [1.29, 1.82) is 0 Å². The highest BCUT2D eigenvalue weighted by molar-refractivity contribution is 5.03. The molecule has 3 rings (SSSR count). The molecule has 5 unspecified atom stereocenters. The number of nitrogens with one attached hydrogen (secondary N) is 1. The van der Waals surface area contributed by atoms with Crippen LogP contribution >= 0.6 is 0 Å². The van der Waals surface area contributed by atoms with Gasteiger partial charge in [-0.15, -0.1) is 0 Å². The molecular weight excluding hydrogens is 194 g/mol. The second kappa shape index (κ2) is 3.73. The monoisotopic (exact) mass is 221 g/mol. The van der Waals surface area contributed by atoms with Crippen molar-refractivity contribution >= 4 is 0 Å². The Morgan fingerprint density at radius 1 is 1.25 bits per heavy atom. The molecule has 0 aliphatic heterocycles. The molecule has 1 nitrogen and oxygen atoms in total. The van der Waals surface area contributed by atoms with E-state index in [-0.39, 0.29) is 0 Å². The quantitative estimate of drug-likeness (QED) is 0.767. The molecule has 3 fully saturated rings. The van der Waals surface area contributed by atoms with Crippen LogP contribution in [0, 0.1) is 29.1 Å². The molecule has 1 heteroatoms. The summed E-state index contributed by atoms with van der Waals surface area (Å²) in [6.45, 7) is 4.87. The smallest absolute Gasteiger partial charge is 0.0100 e. The third-order valence-electron chi connectivity index (χ3n) is 5.89. The first kappa shape index (κ1) is 11.1. The van der Waals surface area contributed by atoms with Gasteiger partial charge in [-0.05, 0) is 68.2 Å². The van der Waals surface area contributed by atoms with Gasteiger partial charge in [0, 0.05) is 6.04 Å². The molecule has 3 aliphatic carbocycles. The van der Waals surface area contributed by atoms with Crippen LogP contribution < -0.4 is 5.32 Å². The summed E-state index contributed by atoms with van der Waals surface area (Å²) in [5.41, 5.74) is 0.630. The van der Waals surface area contributed by atoms with E-state index in [1.165, 1.54) is 12.8 Å². The molecule has 0 aromatic heterocycles. The van der Waals surface area contributed by atoms with Crippen molar-refractivity contribution in [2.24, 2.45) is 29.1 Å². The molecule has 0 aromatic carbocycles. The summed E-state index contributed by atoms with van der Waals surface area (Å²) in [6.07, 6.45) is 9.11. The topological polar surface area (TPSA) is 12.0 Å². The number of rotatable bonds is 4. The standard InChI is InChI=1S/C15H27N/c1-15(2)9-13(15)14(16-3)8-12-7-10-4-5-11(12)6-10/h10-14,16H,4-9H2,1-3H3. The maximum absolute atomic E-state index is 3.61. The summed E-state index contributed by atoms with van der Waals surface area (Å²) in [5.74, 6) is 4.23. The van der Waals surface area contributed by atoms with Crippen LogP contribution in [-0.2, 0) is 0 Å². The molecule has 0 saturated heterocycles. The van der Waals surface area contributed by atoms with Crippen molar-refractivity contribution in [3.05, 3.63) is 0 Å². The van der Waals surface area contributed by atoms with Gasteiger partial charge in [0.15, 0.2) is 0 Å². The summed E-state index contributed by atoms with van der Waals surface area (Å²) in [6, 6.07) is 0.805. The summed E-state index contributed by atoms with van der Waals surface area (Å²) in [7, 11) is 2.17. The lowest BCUT2D eigenvalue weighted by Gasteiger charge is -2.27. The average Bonchev–Trinajstić information content (AvgIpc) is 2.69. The Morgan fingerprint density at radius 3 is 2.44 bits per heavy atom. The molecule has 3 aliphatic rings. The molecule has 5 atom stereocenters. The maximum Gasteiger partial charge on any atom is 0.0100 e. The molecular formula is C15H27N. The second-order valence-corrected chi connectivity index (χ2v) is 7.37. The fraction of sp³-hybridized carbons (Fsp3) is 1.00. The van der Waals surface area contributed by atoms with Gasteiger partial charge in [-0.25, -0.2) is 0 Å². The molecule has 16 heavy (non-hydrogen) atoms. The third kappa shape index (κ3) is 1.81. The first-order valence-corrected chi connectivity index (χ1v) is 7.27. The van der Waals surface area contributed by atoms with Gasteiger partial charge in [0.2, 0.25) is 0 Å². The van der Waals surface area contributed by atoms with Gasteiger partial charge in [0.1, 0.15) is 0 Å². The molecule has 0 amide bonds. The van der Waals surface area contributed by atoms with Crippen molar-refractivity contribution in [2.75, 3.05) is 7.05 Å². The fourth-order valence-electron chi connectivity index (χ4n) is 4.67. The maximum atomic E-state index is 3.61. The highest BCUT2D eigenvalue weighted by Crippen LogP contribution is 2.56. The minimum atomic E-state index is 0.630. The van der Waals surface area contributed by atoms with Crippen LogP contribution in [0.2, 0.25) is 0 Å². The van der Waals surface area contributed by atoms with Crippen LogP contribution in [0.15, 0.2) is 0 Å². The largest absolute Gasteiger partial charge is 0.317 e. The van der Waals surface area contributed by atoms with E-state index in [2.05, 4.69) is 26.2 Å². The Bertz CT molecular complexity index is 271. The van der Waals surface area contributed by atoms with Gasteiger partial charge in [0.05, 0.1) is 0 Å². The third-order valence-corrected chi connectivity index (χ3v) is 5.89. The number of hydrogen-bond acceptors (Lipinski definition) is 1. The molecule has 2 bridgehead atoms. The molecule has 0 heterocycles. The van der Waals surface area contributed by atoms with E-state index in [0.717, 1.165) is 29.7 Å². The minimum absolute atomic E-state index is 0.630. The van der Waals surface area contributed by atoms with Crippen LogP contribution in [0.25, 0.3) is 0 Å². The van der Waals surface area contributed by atoms with Crippen LogP contribution in [-0.4, -0.2) is 13.1 Å². The molecule has 0 aromatic rings. The Hall–Kier alpha value is -0.0400. The zero-order valence-electron chi connectivity index (χ0n) is 11.1. The van der Waals surface area contributed by atoms with E-state index in [4.69, 9.17) is 0 Å². The fourth-order valence-corrected chi connectivity index (χ4v) is 4.67. The van der Waals surface area contributed by atoms with E-state index in [9.17, 15) is 0 Å². The Kier molecular flexibility index (Phi) is 2.58. The Morgan fingerprint density at radius 2 is 2.00 bits per heavy atom. The second-order valence-electron chi connectivity index (χ2n) is 7.37. The average molecular weight is 221 g/mol. The molecule has 0 radical (unpaired) electrons. The molecule has 3 saturated carbocycles. The van der Waals surface area contributed by atoms with Crippen molar-refractivity contribution in [3.8, 4) is 0 Å². The first-order valence-electron chi connectivity index (χ1n) is 7.27. The highest BCUT2D eigenvalue weighted by Gasteiger charge is 2.51.